The third kappa shape index (κ3) is 4.12. The summed E-state index contributed by atoms with van der Waals surface area (Å²) in [5.74, 6) is 1.11. The number of nitrogens with zero attached hydrogens (tertiary/aromatic N) is 7. The zero-order chi connectivity index (χ0) is 22.1. The summed E-state index contributed by atoms with van der Waals surface area (Å²) >= 11 is 12.2. The summed E-state index contributed by atoms with van der Waals surface area (Å²) in [7, 11) is 0. The minimum Gasteiger partial charge on any atom is -0.366 e. The SMILES string of the molecule is O=c1c(Cl)c(N2CCN(Cn3nc4n(c3=S)CCCCC4)CC2)cnn1-c1ccccc1. The van der Waals surface area contributed by atoms with Gasteiger partial charge in [0.15, 0.2) is 4.77 Å². The molecule has 1 aromatic carbocycles. The van der Waals surface area contributed by atoms with E-state index in [-0.39, 0.29) is 10.6 Å². The van der Waals surface area contributed by atoms with Crippen molar-refractivity contribution in [2.45, 2.75) is 38.9 Å². The Balaban J connectivity index is 1.27. The molecule has 2 aromatic heterocycles. The molecule has 168 valence electrons. The number of benzene rings is 1. The Morgan fingerprint density at radius 1 is 1.00 bits per heavy atom. The molecule has 32 heavy (non-hydrogen) atoms. The fourth-order valence-electron chi connectivity index (χ4n) is 4.43. The van der Waals surface area contributed by atoms with Crippen molar-refractivity contribution in [3.63, 3.8) is 0 Å². The average molecular weight is 472 g/mol. The summed E-state index contributed by atoms with van der Waals surface area (Å²) < 4.78 is 6.32. The van der Waals surface area contributed by atoms with Gasteiger partial charge in [-0.1, -0.05) is 36.2 Å². The van der Waals surface area contributed by atoms with Gasteiger partial charge in [0.2, 0.25) is 0 Å². The van der Waals surface area contributed by atoms with Gasteiger partial charge in [-0.05, 0) is 37.2 Å². The fraction of sp³-hybridized carbons (Fsp3) is 0.455. The maximum atomic E-state index is 12.8. The first kappa shape index (κ1) is 21.4. The molecular formula is C22H26ClN7OS. The Morgan fingerprint density at radius 3 is 2.56 bits per heavy atom. The van der Waals surface area contributed by atoms with Crippen molar-refractivity contribution < 1.29 is 0 Å². The van der Waals surface area contributed by atoms with E-state index in [1.165, 1.54) is 23.9 Å². The van der Waals surface area contributed by atoms with Crippen LogP contribution in [0.25, 0.3) is 5.69 Å². The predicted octanol–water partition coefficient (Wildman–Crippen LogP) is 3.12. The molecule has 0 saturated carbocycles. The molecule has 0 amide bonds. The molecule has 4 heterocycles. The van der Waals surface area contributed by atoms with E-state index in [2.05, 4.69) is 19.5 Å². The molecule has 0 radical (unpaired) electrons. The Bertz CT molecular complexity index is 1210. The standard InChI is InChI=1S/C22H26ClN7OS/c23-20-18(15-24-30(21(20)31)17-7-3-1-4-8-17)27-13-11-26(12-14-27)16-29-22(32)28-10-6-2-5-9-19(28)25-29/h1,3-4,7-8,15H,2,5-6,9-14,16H2. The number of para-hydroxylation sites is 1. The highest BCUT2D eigenvalue weighted by Gasteiger charge is 2.23. The number of hydrogen-bond donors (Lipinski definition) is 0. The molecule has 5 rings (SSSR count). The van der Waals surface area contributed by atoms with E-state index in [9.17, 15) is 4.79 Å². The Hall–Kier alpha value is -2.49. The molecule has 0 aliphatic carbocycles. The van der Waals surface area contributed by atoms with Crippen LogP contribution >= 0.6 is 23.8 Å². The topological polar surface area (TPSA) is 64.1 Å². The number of fused-ring (bicyclic) bond motifs is 1. The Labute approximate surface area is 196 Å². The van der Waals surface area contributed by atoms with E-state index >= 15 is 0 Å². The number of anilines is 1. The number of hydrogen-bond acceptors (Lipinski definition) is 6. The maximum absolute atomic E-state index is 12.8. The second kappa shape index (κ2) is 9.17. The number of aryl methyl sites for hydroxylation is 1. The van der Waals surface area contributed by atoms with Gasteiger partial charge in [-0.15, -0.1) is 0 Å². The minimum absolute atomic E-state index is 0.206. The molecule has 0 unspecified atom stereocenters. The smallest absolute Gasteiger partial charge is 0.292 e. The fourth-order valence-corrected chi connectivity index (χ4v) is 4.98. The summed E-state index contributed by atoms with van der Waals surface area (Å²) in [6.45, 7) is 4.86. The molecule has 0 bridgehead atoms. The van der Waals surface area contributed by atoms with Crippen LogP contribution in [-0.2, 0) is 19.6 Å². The van der Waals surface area contributed by atoms with E-state index in [1.54, 1.807) is 6.20 Å². The summed E-state index contributed by atoms with van der Waals surface area (Å²) in [5, 5.41) is 9.36. The third-order valence-electron chi connectivity index (χ3n) is 6.23. The third-order valence-corrected chi connectivity index (χ3v) is 7.02. The number of piperazine rings is 1. The van der Waals surface area contributed by atoms with Crippen LogP contribution in [0.4, 0.5) is 5.69 Å². The molecule has 2 aliphatic heterocycles. The van der Waals surface area contributed by atoms with Gasteiger partial charge >= 0.3 is 0 Å². The normalized spacial score (nSPS) is 17.2. The minimum atomic E-state index is -0.302. The quantitative estimate of drug-likeness (QED) is 0.545. The lowest BCUT2D eigenvalue weighted by Gasteiger charge is -2.35. The highest BCUT2D eigenvalue weighted by Crippen LogP contribution is 2.23. The second-order valence-electron chi connectivity index (χ2n) is 8.30. The summed E-state index contributed by atoms with van der Waals surface area (Å²) in [5.41, 5.74) is 1.09. The van der Waals surface area contributed by atoms with Crippen LogP contribution < -0.4 is 10.5 Å². The predicted molar refractivity (Wildman–Crippen MR) is 127 cm³/mol. The lowest BCUT2D eigenvalue weighted by Crippen LogP contribution is -2.47. The maximum Gasteiger partial charge on any atom is 0.292 e. The van der Waals surface area contributed by atoms with Gasteiger partial charge in [-0.25, -0.2) is 4.68 Å². The van der Waals surface area contributed by atoms with Crippen LogP contribution in [0.5, 0.6) is 0 Å². The van der Waals surface area contributed by atoms with Crippen molar-refractivity contribution in [2.24, 2.45) is 0 Å². The summed E-state index contributed by atoms with van der Waals surface area (Å²) in [4.78, 5) is 17.3. The van der Waals surface area contributed by atoms with Crippen LogP contribution in [0.15, 0.2) is 41.3 Å². The first-order valence-electron chi connectivity index (χ1n) is 11.1. The van der Waals surface area contributed by atoms with Crippen molar-refractivity contribution >= 4 is 29.5 Å². The van der Waals surface area contributed by atoms with Gasteiger partial charge < -0.3 is 9.47 Å². The zero-order valence-electron chi connectivity index (χ0n) is 17.9. The molecule has 1 saturated heterocycles. The van der Waals surface area contributed by atoms with E-state index < -0.39 is 0 Å². The van der Waals surface area contributed by atoms with Crippen LogP contribution in [0.3, 0.4) is 0 Å². The van der Waals surface area contributed by atoms with E-state index in [0.29, 0.717) is 18.0 Å². The molecular weight excluding hydrogens is 446 g/mol. The van der Waals surface area contributed by atoms with E-state index in [1.807, 2.05) is 35.0 Å². The lowest BCUT2D eigenvalue weighted by atomic mass is 10.2. The summed E-state index contributed by atoms with van der Waals surface area (Å²) in [6, 6.07) is 9.31. The number of halogens is 1. The molecule has 1 fully saturated rings. The van der Waals surface area contributed by atoms with Crippen molar-refractivity contribution in [3.05, 3.63) is 62.5 Å². The number of aromatic nitrogens is 5. The van der Waals surface area contributed by atoms with Crippen molar-refractivity contribution in [3.8, 4) is 5.69 Å². The molecule has 0 atom stereocenters. The second-order valence-corrected chi connectivity index (χ2v) is 9.05. The van der Waals surface area contributed by atoms with Crippen LogP contribution in [0.2, 0.25) is 5.02 Å². The van der Waals surface area contributed by atoms with E-state index in [4.69, 9.17) is 28.9 Å². The Morgan fingerprint density at radius 2 is 1.78 bits per heavy atom. The Kier molecular flexibility index (Phi) is 6.12. The summed E-state index contributed by atoms with van der Waals surface area (Å²) in [6.07, 6.45) is 6.29. The van der Waals surface area contributed by atoms with Gasteiger partial charge in [0, 0.05) is 39.1 Å². The van der Waals surface area contributed by atoms with Crippen molar-refractivity contribution in [1.29, 1.82) is 0 Å². The highest BCUT2D eigenvalue weighted by molar-refractivity contribution is 7.71. The largest absolute Gasteiger partial charge is 0.366 e. The van der Waals surface area contributed by atoms with Crippen LogP contribution in [0, 0.1) is 4.77 Å². The van der Waals surface area contributed by atoms with Gasteiger partial charge in [0.1, 0.15) is 10.8 Å². The molecule has 3 aromatic rings. The molecule has 0 N–H and O–H groups in total. The van der Waals surface area contributed by atoms with Gasteiger partial charge in [0.25, 0.3) is 5.56 Å². The van der Waals surface area contributed by atoms with Crippen molar-refractivity contribution in [2.75, 3.05) is 31.1 Å². The molecule has 2 aliphatic rings. The zero-order valence-corrected chi connectivity index (χ0v) is 19.4. The lowest BCUT2D eigenvalue weighted by molar-refractivity contribution is 0.193. The number of rotatable bonds is 4. The molecule has 0 spiro atoms. The monoisotopic (exact) mass is 471 g/mol. The first-order chi connectivity index (χ1) is 15.6. The highest BCUT2D eigenvalue weighted by atomic mass is 35.5. The van der Waals surface area contributed by atoms with Gasteiger partial charge in [-0.2, -0.15) is 14.9 Å². The molecule has 8 nitrogen and oxygen atoms in total. The van der Waals surface area contributed by atoms with Gasteiger partial charge in [-0.3, -0.25) is 9.69 Å². The first-order valence-corrected chi connectivity index (χ1v) is 11.9. The van der Waals surface area contributed by atoms with Crippen LogP contribution in [-0.4, -0.2) is 55.2 Å². The van der Waals surface area contributed by atoms with E-state index in [0.717, 1.165) is 49.7 Å². The van der Waals surface area contributed by atoms with Gasteiger partial charge in [0.05, 0.1) is 24.2 Å². The average Bonchev–Trinajstić information content (AvgIpc) is 2.97. The van der Waals surface area contributed by atoms with Crippen LogP contribution in [0.1, 0.15) is 25.1 Å². The van der Waals surface area contributed by atoms with Crippen molar-refractivity contribution in [1.82, 2.24) is 29.0 Å². The molecule has 10 heteroatoms.